The number of fused-ring (bicyclic) bond motifs is 1. The number of ether oxygens (including phenoxy) is 1. The van der Waals surface area contributed by atoms with E-state index >= 15 is 0 Å². The molecule has 0 saturated carbocycles. The van der Waals surface area contributed by atoms with Crippen LogP contribution in [0.1, 0.15) is 46.3 Å². The number of tetrazole rings is 1. The highest BCUT2D eigenvalue weighted by molar-refractivity contribution is 6.21. The van der Waals surface area contributed by atoms with Crippen LogP contribution in [0.3, 0.4) is 0 Å². The van der Waals surface area contributed by atoms with Crippen LogP contribution in [0.4, 0.5) is 0 Å². The Morgan fingerprint density at radius 3 is 2.36 bits per heavy atom. The third kappa shape index (κ3) is 3.21. The quantitative estimate of drug-likeness (QED) is 0.490. The monoisotopic (exact) mass is 386 g/mol. The van der Waals surface area contributed by atoms with E-state index in [-0.39, 0.29) is 25.2 Å². The van der Waals surface area contributed by atoms with Crippen molar-refractivity contribution >= 4 is 23.7 Å². The maximum Gasteiger partial charge on any atom is 0.339 e. The second-order valence-corrected chi connectivity index (χ2v) is 6.22. The number of nitrogens with one attached hydrogen (secondary N) is 2. The molecular formula is C17H18N6O5. The number of esters is 1. The number of imide groups is 1. The second-order valence-electron chi connectivity index (χ2n) is 6.22. The standard InChI is InChI=1S/C17H18N6O5/c1-10(24)18-17(16(27)28-2,15-19-21-22-20-15)8-5-9-23-13(25)11-6-3-4-7-12(11)14(23)26/h3-4,6-7H,5,8-9H2,1-2H3,(H,18,24)(H,19,20,21,22)/t17-/m0/s1. The molecule has 3 amide bonds. The Balaban J connectivity index is 1.80. The minimum Gasteiger partial charge on any atom is -0.467 e. The smallest absolute Gasteiger partial charge is 0.339 e. The van der Waals surface area contributed by atoms with Gasteiger partial charge in [0.2, 0.25) is 17.3 Å². The number of carbonyl (C=O) groups is 4. The fraction of sp³-hybridized carbons (Fsp3) is 0.353. The number of benzene rings is 1. The fourth-order valence-corrected chi connectivity index (χ4v) is 3.24. The van der Waals surface area contributed by atoms with Crippen LogP contribution in [0.2, 0.25) is 0 Å². The highest BCUT2D eigenvalue weighted by Gasteiger charge is 2.46. The van der Waals surface area contributed by atoms with Gasteiger partial charge in [-0.05, 0) is 25.0 Å². The fourth-order valence-electron chi connectivity index (χ4n) is 3.24. The molecule has 0 bridgehead atoms. The summed E-state index contributed by atoms with van der Waals surface area (Å²) in [6.07, 6.45) is 0.182. The first kappa shape index (κ1) is 19.1. The van der Waals surface area contributed by atoms with Crippen molar-refractivity contribution in [1.29, 1.82) is 0 Å². The average Bonchev–Trinajstić information content (AvgIpc) is 3.30. The van der Waals surface area contributed by atoms with Crippen LogP contribution < -0.4 is 5.32 Å². The van der Waals surface area contributed by atoms with Gasteiger partial charge in [-0.2, -0.15) is 5.21 Å². The van der Waals surface area contributed by atoms with Crippen LogP contribution in [0.15, 0.2) is 24.3 Å². The van der Waals surface area contributed by atoms with E-state index < -0.39 is 29.2 Å². The predicted octanol–water partition coefficient (Wildman–Crippen LogP) is -0.219. The van der Waals surface area contributed by atoms with E-state index in [1.54, 1.807) is 24.3 Å². The molecule has 1 aliphatic rings. The Morgan fingerprint density at radius 2 is 1.86 bits per heavy atom. The molecule has 3 rings (SSSR count). The van der Waals surface area contributed by atoms with Crippen molar-refractivity contribution < 1.29 is 23.9 Å². The number of aromatic amines is 1. The number of hydrogen-bond donors (Lipinski definition) is 2. The zero-order chi connectivity index (χ0) is 20.3. The van der Waals surface area contributed by atoms with Crippen molar-refractivity contribution in [3.05, 3.63) is 41.2 Å². The van der Waals surface area contributed by atoms with Gasteiger partial charge in [0.05, 0.1) is 18.2 Å². The molecule has 0 radical (unpaired) electrons. The van der Waals surface area contributed by atoms with E-state index in [9.17, 15) is 19.2 Å². The number of hydrogen-bond acceptors (Lipinski definition) is 8. The van der Waals surface area contributed by atoms with Crippen LogP contribution in [0, 0.1) is 0 Å². The van der Waals surface area contributed by atoms with Gasteiger partial charge in [0.25, 0.3) is 11.8 Å². The first-order valence-corrected chi connectivity index (χ1v) is 8.47. The molecule has 2 heterocycles. The number of aromatic nitrogens is 4. The summed E-state index contributed by atoms with van der Waals surface area (Å²) in [4.78, 5) is 50.3. The third-order valence-corrected chi connectivity index (χ3v) is 4.46. The van der Waals surface area contributed by atoms with Crippen molar-refractivity contribution in [1.82, 2.24) is 30.8 Å². The van der Waals surface area contributed by atoms with Crippen molar-refractivity contribution in [2.45, 2.75) is 25.3 Å². The van der Waals surface area contributed by atoms with Crippen molar-refractivity contribution in [3.8, 4) is 0 Å². The minimum absolute atomic E-state index is 0.00775. The van der Waals surface area contributed by atoms with Gasteiger partial charge in [0.15, 0.2) is 0 Å². The van der Waals surface area contributed by atoms with E-state index in [4.69, 9.17) is 4.74 Å². The van der Waals surface area contributed by atoms with Crippen molar-refractivity contribution in [2.24, 2.45) is 0 Å². The van der Waals surface area contributed by atoms with E-state index in [0.717, 1.165) is 4.90 Å². The molecule has 1 aromatic carbocycles. The third-order valence-electron chi connectivity index (χ3n) is 4.46. The Morgan fingerprint density at radius 1 is 1.21 bits per heavy atom. The molecule has 1 atom stereocenters. The van der Waals surface area contributed by atoms with Gasteiger partial charge in [-0.1, -0.05) is 17.3 Å². The lowest BCUT2D eigenvalue weighted by Gasteiger charge is -2.29. The molecule has 146 valence electrons. The van der Waals surface area contributed by atoms with Crippen LogP contribution in [0.5, 0.6) is 0 Å². The first-order valence-electron chi connectivity index (χ1n) is 8.47. The van der Waals surface area contributed by atoms with Gasteiger partial charge < -0.3 is 10.1 Å². The molecule has 0 unspecified atom stereocenters. The van der Waals surface area contributed by atoms with Gasteiger partial charge >= 0.3 is 5.97 Å². The van der Waals surface area contributed by atoms with Crippen LogP contribution in [-0.4, -0.2) is 62.9 Å². The first-order chi connectivity index (χ1) is 13.4. The Labute approximate surface area is 159 Å². The molecule has 2 aromatic rings. The number of H-pyrrole nitrogens is 1. The Bertz CT molecular complexity index is 893. The molecule has 11 heteroatoms. The molecule has 1 aliphatic heterocycles. The highest BCUT2D eigenvalue weighted by atomic mass is 16.5. The summed E-state index contributed by atoms with van der Waals surface area (Å²) in [5.41, 5.74) is -1.01. The average molecular weight is 386 g/mol. The summed E-state index contributed by atoms with van der Waals surface area (Å²) >= 11 is 0. The molecule has 0 spiro atoms. The van der Waals surface area contributed by atoms with Gasteiger partial charge in [0, 0.05) is 13.5 Å². The number of amides is 3. The number of carbonyl (C=O) groups excluding carboxylic acids is 4. The lowest BCUT2D eigenvalue weighted by molar-refractivity contribution is -0.152. The summed E-state index contributed by atoms with van der Waals surface area (Å²) < 4.78 is 4.83. The molecule has 0 saturated heterocycles. The van der Waals surface area contributed by atoms with E-state index in [1.165, 1.54) is 14.0 Å². The normalized spacial score (nSPS) is 15.1. The van der Waals surface area contributed by atoms with E-state index in [2.05, 4.69) is 25.9 Å². The van der Waals surface area contributed by atoms with Gasteiger partial charge in [-0.15, -0.1) is 10.2 Å². The second kappa shape index (κ2) is 7.55. The maximum atomic E-state index is 12.5. The summed E-state index contributed by atoms with van der Waals surface area (Å²) in [6.45, 7) is 1.28. The number of methoxy groups -OCH3 is 1. The molecule has 11 nitrogen and oxygen atoms in total. The van der Waals surface area contributed by atoms with Crippen molar-refractivity contribution in [2.75, 3.05) is 13.7 Å². The lowest BCUT2D eigenvalue weighted by Crippen LogP contribution is -2.53. The number of nitrogens with zero attached hydrogens (tertiary/aromatic N) is 4. The molecular weight excluding hydrogens is 368 g/mol. The Kier molecular flexibility index (Phi) is 5.16. The minimum atomic E-state index is -1.69. The molecule has 2 N–H and O–H groups in total. The van der Waals surface area contributed by atoms with Gasteiger partial charge in [-0.3, -0.25) is 19.3 Å². The van der Waals surface area contributed by atoms with Crippen LogP contribution in [0.25, 0.3) is 0 Å². The topological polar surface area (TPSA) is 147 Å². The van der Waals surface area contributed by atoms with Gasteiger partial charge in [0.1, 0.15) is 0 Å². The number of rotatable bonds is 7. The maximum absolute atomic E-state index is 12.5. The SMILES string of the molecule is COC(=O)[C@@](CCCN1C(=O)c2ccccc2C1=O)(NC(C)=O)c1nn[nH]n1. The Hall–Kier alpha value is -3.63. The van der Waals surface area contributed by atoms with Crippen LogP contribution >= 0.6 is 0 Å². The summed E-state index contributed by atoms with van der Waals surface area (Å²) in [5, 5.41) is 15.8. The van der Waals surface area contributed by atoms with Gasteiger partial charge in [-0.25, -0.2) is 4.79 Å². The lowest BCUT2D eigenvalue weighted by atomic mass is 9.92. The van der Waals surface area contributed by atoms with E-state index in [1.807, 2.05) is 0 Å². The summed E-state index contributed by atoms with van der Waals surface area (Å²) in [6, 6.07) is 6.54. The molecule has 0 aliphatic carbocycles. The summed E-state index contributed by atoms with van der Waals surface area (Å²) in [7, 11) is 1.17. The predicted molar refractivity (Wildman–Crippen MR) is 92.7 cm³/mol. The highest BCUT2D eigenvalue weighted by Crippen LogP contribution is 2.27. The largest absolute Gasteiger partial charge is 0.467 e. The molecule has 1 aromatic heterocycles. The van der Waals surface area contributed by atoms with E-state index in [0.29, 0.717) is 11.1 Å². The summed E-state index contributed by atoms with van der Waals surface area (Å²) in [5.74, 6) is -2.16. The zero-order valence-electron chi connectivity index (χ0n) is 15.3. The van der Waals surface area contributed by atoms with Crippen LogP contribution in [-0.2, 0) is 19.9 Å². The zero-order valence-corrected chi connectivity index (χ0v) is 15.3. The molecule has 28 heavy (non-hydrogen) atoms. The van der Waals surface area contributed by atoms with Crippen molar-refractivity contribution in [3.63, 3.8) is 0 Å². The molecule has 0 fully saturated rings.